The van der Waals surface area contributed by atoms with Gasteiger partial charge in [-0.3, -0.25) is 4.79 Å². The van der Waals surface area contributed by atoms with Gasteiger partial charge in [0.05, 0.1) is 0 Å². The highest BCUT2D eigenvalue weighted by atomic mass is 35.5. The third-order valence-electron chi connectivity index (χ3n) is 3.58. The summed E-state index contributed by atoms with van der Waals surface area (Å²) < 4.78 is 0. The molecule has 0 saturated heterocycles. The van der Waals surface area contributed by atoms with Gasteiger partial charge in [0.25, 0.3) is 0 Å². The van der Waals surface area contributed by atoms with Crippen molar-refractivity contribution in [1.82, 2.24) is 0 Å². The zero-order chi connectivity index (χ0) is 13.1. The largest absolute Gasteiger partial charge is 0.480 e. The molecule has 1 aromatic rings. The van der Waals surface area contributed by atoms with Gasteiger partial charge in [-0.1, -0.05) is 43.0 Å². The van der Waals surface area contributed by atoms with Gasteiger partial charge in [0.15, 0.2) is 5.38 Å². The second kappa shape index (κ2) is 5.94. The second-order valence-corrected chi connectivity index (χ2v) is 5.66. The molecule has 1 atom stereocenters. The Hall–Kier alpha value is -0.730. The van der Waals surface area contributed by atoms with Gasteiger partial charge in [-0.05, 0) is 36.0 Å². The minimum absolute atomic E-state index is 0.513. The van der Waals surface area contributed by atoms with Gasteiger partial charge in [0.1, 0.15) is 0 Å². The molecule has 0 amide bonds. The third-order valence-corrected chi connectivity index (χ3v) is 4.34. The van der Waals surface area contributed by atoms with Gasteiger partial charge in [-0.25, -0.2) is 0 Å². The number of hydrogen-bond acceptors (Lipinski definition) is 1. The van der Waals surface area contributed by atoms with Crippen molar-refractivity contribution in [2.24, 2.45) is 0 Å². The molecule has 18 heavy (non-hydrogen) atoms. The smallest absolute Gasteiger partial charge is 0.326 e. The average Bonchev–Trinajstić information content (AvgIpc) is 2.38. The van der Waals surface area contributed by atoms with Crippen LogP contribution in [0, 0.1) is 0 Å². The van der Waals surface area contributed by atoms with Crippen molar-refractivity contribution in [2.45, 2.75) is 43.4 Å². The van der Waals surface area contributed by atoms with E-state index in [-0.39, 0.29) is 0 Å². The Morgan fingerprint density at radius 2 is 1.94 bits per heavy atom. The van der Waals surface area contributed by atoms with Crippen LogP contribution in [0.2, 0.25) is 5.02 Å². The SMILES string of the molecule is O=C(O)C(Cl)c1ccc(C2CCCCC2)c(Cl)c1. The summed E-state index contributed by atoms with van der Waals surface area (Å²) in [5.74, 6) is -0.531. The fraction of sp³-hybridized carbons (Fsp3) is 0.500. The molecular formula is C14H16Cl2O2. The van der Waals surface area contributed by atoms with Crippen LogP contribution in [0.5, 0.6) is 0 Å². The Bertz CT molecular complexity index is 439. The number of carbonyl (C=O) groups is 1. The van der Waals surface area contributed by atoms with E-state index in [1.807, 2.05) is 6.07 Å². The lowest BCUT2D eigenvalue weighted by Crippen LogP contribution is -2.08. The van der Waals surface area contributed by atoms with Crippen LogP contribution in [-0.4, -0.2) is 11.1 Å². The minimum Gasteiger partial charge on any atom is -0.480 e. The summed E-state index contributed by atoms with van der Waals surface area (Å²) in [6, 6.07) is 5.41. The van der Waals surface area contributed by atoms with Crippen LogP contribution in [0.4, 0.5) is 0 Å². The molecule has 1 saturated carbocycles. The van der Waals surface area contributed by atoms with Crippen molar-refractivity contribution < 1.29 is 9.90 Å². The van der Waals surface area contributed by atoms with Crippen LogP contribution in [0.1, 0.15) is 54.5 Å². The van der Waals surface area contributed by atoms with E-state index < -0.39 is 11.3 Å². The Balaban J connectivity index is 2.21. The van der Waals surface area contributed by atoms with E-state index in [1.54, 1.807) is 12.1 Å². The van der Waals surface area contributed by atoms with Crippen LogP contribution in [0.3, 0.4) is 0 Å². The molecule has 1 aliphatic carbocycles. The molecule has 4 heteroatoms. The number of benzene rings is 1. The Kier molecular flexibility index (Phi) is 4.52. The summed E-state index contributed by atoms with van der Waals surface area (Å²) >= 11 is 12.1. The molecule has 0 aromatic heterocycles. The number of carboxylic acid groups (broad SMARTS) is 1. The monoisotopic (exact) mass is 286 g/mol. The van der Waals surface area contributed by atoms with Crippen LogP contribution in [0.15, 0.2) is 18.2 Å². The first kappa shape index (κ1) is 13.7. The highest BCUT2D eigenvalue weighted by Gasteiger charge is 2.21. The van der Waals surface area contributed by atoms with Crippen LogP contribution < -0.4 is 0 Å². The lowest BCUT2D eigenvalue weighted by Gasteiger charge is -2.23. The second-order valence-electron chi connectivity index (χ2n) is 4.82. The van der Waals surface area contributed by atoms with Gasteiger partial charge in [-0.2, -0.15) is 0 Å². The summed E-state index contributed by atoms with van der Waals surface area (Å²) in [7, 11) is 0. The summed E-state index contributed by atoms with van der Waals surface area (Å²) in [5, 5.41) is 8.49. The third kappa shape index (κ3) is 2.99. The molecular weight excluding hydrogens is 271 g/mol. The molecule has 2 nitrogen and oxygen atoms in total. The van der Waals surface area contributed by atoms with Crippen molar-refractivity contribution in [1.29, 1.82) is 0 Å². The molecule has 0 aliphatic heterocycles. The zero-order valence-corrected chi connectivity index (χ0v) is 11.5. The summed E-state index contributed by atoms with van der Waals surface area (Å²) in [6.07, 6.45) is 6.13. The first-order valence-corrected chi connectivity index (χ1v) is 7.07. The molecule has 2 rings (SSSR count). The molecule has 0 bridgehead atoms. The summed E-state index contributed by atoms with van der Waals surface area (Å²) in [4.78, 5) is 10.8. The van der Waals surface area contributed by atoms with Crippen LogP contribution >= 0.6 is 23.2 Å². The first-order chi connectivity index (χ1) is 8.59. The Labute approximate surface area is 117 Å². The predicted octanol–water partition coefficient (Wildman–Crippen LogP) is 4.75. The molecule has 1 aromatic carbocycles. The highest BCUT2D eigenvalue weighted by Crippen LogP contribution is 2.37. The summed E-state index contributed by atoms with van der Waals surface area (Å²) in [6.45, 7) is 0. The number of aliphatic carboxylic acids is 1. The van der Waals surface area contributed by atoms with E-state index in [2.05, 4.69) is 0 Å². The van der Waals surface area contributed by atoms with Gasteiger partial charge >= 0.3 is 5.97 Å². The average molecular weight is 287 g/mol. The van der Waals surface area contributed by atoms with Gasteiger partial charge < -0.3 is 5.11 Å². The highest BCUT2D eigenvalue weighted by molar-refractivity contribution is 6.32. The van der Waals surface area contributed by atoms with E-state index in [1.165, 1.54) is 32.1 Å². The van der Waals surface area contributed by atoms with Gasteiger partial charge in [0.2, 0.25) is 0 Å². The summed E-state index contributed by atoms with van der Waals surface area (Å²) in [5.41, 5.74) is 1.68. The number of alkyl halides is 1. The van der Waals surface area contributed by atoms with Crippen LogP contribution in [0.25, 0.3) is 0 Å². The maximum absolute atomic E-state index is 10.8. The van der Waals surface area contributed by atoms with E-state index >= 15 is 0 Å². The number of halogens is 2. The quantitative estimate of drug-likeness (QED) is 0.814. The van der Waals surface area contributed by atoms with Crippen molar-refractivity contribution >= 4 is 29.2 Å². The van der Waals surface area contributed by atoms with Crippen molar-refractivity contribution in [3.63, 3.8) is 0 Å². The van der Waals surface area contributed by atoms with Gasteiger partial charge in [-0.15, -0.1) is 11.6 Å². The van der Waals surface area contributed by atoms with Gasteiger partial charge in [0, 0.05) is 5.02 Å². The number of hydrogen-bond donors (Lipinski definition) is 1. The minimum atomic E-state index is -1.04. The first-order valence-electron chi connectivity index (χ1n) is 6.26. The normalized spacial score (nSPS) is 18.6. The van der Waals surface area contributed by atoms with E-state index in [9.17, 15) is 4.79 Å². The maximum Gasteiger partial charge on any atom is 0.326 e. The molecule has 0 spiro atoms. The van der Waals surface area contributed by atoms with E-state index in [4.69, 9.17) is 28.3 Å². The predicted molar refractivity (Wildman–Crippen MR) is 73.5 cm³/mol. The maximum atomic E-state index is 10.8. The van der Waals surface area contributed by atoms with E-state index in [0.29, 0.717) is 16.5 Å². The van der Waals surface area contributed by atoms with Crippen molar-refractivity contribution in [3.8, 4) is 0 Å². The molecule has 0 radical (unpaired) electrons. The number of carboxylic acids is 1. The Morgan fingerprint density at radius 3 is 2.50 bits per heavy atom. The zero-order valence-electron chi connectivity index (χ0n) is 10.0. The fourth-order valence-electron chi connectivity index (χ4n) is 2.59. The lowest BCUT2D eigenvalue weighted by atomic mass is 9.84. The fourth-order valence-corrected chi connectivity index (χ4v) is 3.07. The van der Waals surface area contributed by atoms with Crippen molar-refractivity contribution in [2.75, 3.05) is 0 Å². The Morgan fingerprint density at radius 1 is 1.28 bits per heavy atom. The standard InChI is InChI=1S/C14H16Cl2O2/c15-12-8-10(13(16)14(17)18)6-7-11(12)9-4-2-1-3-5-9/h6-9,13H,1-5H2,(H,17,18). The van der Waals surface area contributed by atoms with E-state index in [0.717, 1.165) is 5.56 Å². The lowest BCUT2D eigenvalue weighted by molar-refractivity contribution is -0.136. The molecule has 1 N–H and O–H groups in total. The topological polar surface area (TPSA) is 37.3 Å². The molecule has 1 unspecified atom stereocenters. The molecule has 98 valence electrons. The number of rotatable bonds is 3. The van der Waals surface area contributed by atoms with Crippen LogP contribution in [-0.2, 0) is 4.79 Å². The van der Waals surface area contributed by atoms with Crippen molar-refractivity contribution in [3.05, 3.63) is 34.3 Å². The molecule has 1 aliphatic rings. The molecule has 1 fully saturated rings. The molecule has 0 heterocycles.